The number of hydrogen-bond acceptors (Lipinski definition) is 2. The maximum absolute atomic E-state index is 4.82. The molecule has 1 fully saturated rings. The molecule has 0 bridgehead atoms. The Morgan fingerprint density at radius 3 is 2.75 bits per heavy atom. The Labute approximate surface area is 65.6 Å². The van der Waals surface area contributed by atoms with Gasteiger partial charge in [0, 0.05) is 0 Å². The molecule has 1 saturated heterocycles. The monoisotopic (exact) mass is 262 g/mol. The van der Waals surface area contributed by atoms with Gasteiger partial charge < -0.3 is 0 Å². The highest BCUT2D eigenvalue weighted by molar-refractivity contribution is 9.40. The minimum atomic E-state index is -0.546. The first-order valence-electron chi connectivity index (χ1n) is 2.19. The number of rotatable bonds is 0. The van der Waals surface area contributed by atoms with Crippen molar-refractivity contribution in [3.63, 3.8) is 0 Å². The molecule has 0 aliphatic carbocycles. The Hall–Kier alpha value is 1.31. The van der Waals surface area contributed by atoms with Gasteiger partial charge in [-0.3, -0.25) is 0 Å². The summed E-state index contributed by atoms with van der Waals surface area (Å²) in [6.07, 6.45) is 1.02. The van der Waals surface area contributed by atoms with Gasteiger partial charge in [-0.1, -0.05) is 15.9 Å². The van der Waals surface area contributed by atoms with Gasteiger partial charge in [0.2, 0.25) is 0 Å². The minimum Gasteiger partial charge on any atom is -0.232 e. The second-order valence-corrected chi connectivity index (χ2v) is 6.62. The van der Waals surface area contributed by atoms with Crippen LogP contribution in [-0.2, 0) is 9.56 Å². The molecule has 1 rings (SSSR count). The second-order valence-electron chi connectivity index (χ2n) is 1.39. The van der Waals surface area contributed by atoms with Crippen LogP contribution in [0.25, 0.3) is 0 Å². The Kier molecular flexibility index (Phi) is 3.22. The van der Waals surface area contributed by atoms with Gasteiger partial charge >= 0.3 is 0 Å². The molecule has 0 radical (unpaired) electrons. The van der Waals surface area contributed by atoms with E-state index in [-0.39, 0.29) is 0 Å². The van der Waals surface area contributed by atoms with Gasteiger partial charge in [-0.05, 0) is 21.9 Å². The molecule has 0 N–H and O–H groups in total. The summed E-state index contributed by atoms with van der Waals surface area (Å²) in [6.45, 7) is 0.149. The van der Waals surface area contributed by atoms with Crippen LogP contribution < -0.4 is 0 Å². The van der Waals surface area contributed by atoms with Gasteiger partial charge in [-0.25, -0.2) is 9.56 Å². The second kappa shape index (κ2) is 3.47. The van der Waals surface area contributed by atoms with Gasteiger partial charge in [0.1, 0.15) is 0 Å². The highest BCUT2D eigenvalue weighted by atomic mass is 79.9. The molecule has 1 heterocycles. The Bertz CT molecular complexity index is 71.7. The first kappa shape index (κ1) is 7.42. The maximum atomic E-state index is 4.82. The quantitative estimate of drug-likeness (QED) is 0.380. The lowest BCUT2D eigenvalue weighted by molar-refractivity contribution is -0.204. The van der Waals surface area contributed by atoms with Crippen LogP contribution in [0.4, 0.5) is 0 Å². The standard InChI is InChI=1S/C3H5Br2O2P/c4-3-1-2-6-7-8(3)5/h3H,1-2H2. The fraction of sp³-hybridized carbons (Fsp3) is 1.00. The van der Waals surface area contributed by atoms with Gasteiger partial charge in [-0.2, -0.15) is 0 Å². The van der Waals surface area contributed by atoms with Crippen molar-refractivity contribution in [3.8, 4) is 0 Å². The Morgan fingerprint density at radius 1 is 1.62 bits per heavy atom. The lowest BCUT2D eigenvalue weighted by Crippen LogP contribution is -2.07. The van der Waals surface area contributed by atoms with Crippen molar-refractivity contribution in [1.29, 1.82) is 0 Å². The summed E-state index contributed by atoms with van der Waals surface area (Å²) in [6, 6.07) is 0. The summed E-state index contributed by atoms with van der Waals surface area (Å²) < 4.78 is 5.27. The van der Waals surface area contributed by atoms with E-state index in [0.717, 1.165) is 6.42 Å². The van der Waals surface area contributed by atoms with Crippen LogP contribution in [0.3, 0.4) is 0 Å². The summed E-state index contributed by atoms with van der Waals surface area (Å²) in [5.41, 5.74) is 0. The number of alkyl halides is 1. The molecular formula is C3H5Br2O2P. The zero-order chi connectivity index (χ0) is 5.98. The smallest absolute Gasteiger partial charge is 0.154 e. The van der Waals surface area contributed by atoms with Gasteiger partial charge in [-0.15, -0.1) is 0 Å². The summed E-state index contributed by atoms with van der Waals surface area (Å²) in [7, 11) is 0. The molecule has 1 aliphatic rings. The minimum absolute atomic E-state index is 0.450. The average Bonchev–Trinajstić information content (AvgIpc) is 1.77. The van der Waals surface area contributed by atoms with E-state index in [9.17, 15) is 0 Å². The van der Waals surface area contributed by atoms with Crippen molar-refractivity contribution < 1.29 is 9.56 Å². The average molecular weight is 264 g/mol. The van der Waals surface area contributed by atoms with Crippen molar-refractivity contribution >= 4 is 38.3 Å². The molecule has 8 heavy (non-hydrogen) atoms. The summed E-state index contributed by atoms with van der Waals surface area (Å²) in [5, 5.41) is 0. The van der Waals surface area contributed by atoms with Crippen LogP contribution >= 0.6 is 38.3 Å². The van der Waals surface area contributed by atoms with Crippen LogP contribution in [-0.4, -0.2) is 11.2 Å². The third-order valence-corrected chi connectivity index (χ3v) is 6.79. The Balaban J connectivity index is 2.28. The van der Waals surface area contributed by atoms with E-state index in [1.54, 1.807) is 0 Å². The van der Waals surface area contributed by atoms with Crippen molar-refractivity contribution in [3.05, 3.63) is 0 Å². The largest absolute Gasteiger partial charge is 0.232 e. The van der Waals surface area contributed by atoms with Gasteiger partial charge in [0.25, 0.3) is 0 Å². The predicted octanol–water partition coefficient (Wildman–Crippen LogP) is 2.77. The van der Waals surface area contributed by atoms with Gasteiger partial charge in [0.15, 0.2) is 6.85 Å². The zero-order valence-corrected chi connectivity index (χ0v) is 8.08. The molecule has 2 atom stereocenters. The molecule has 0 aromatic heterocycles. The summed E-state index contributed by atoms with van der Waals surface area (Å²) >= 11 is 6.75. The highest BCUT2D eigenvalue weighted by Crippen LogP contribution is 2.56. The first-order valence-corrected chi connectivity index (χ1v) is 6.45. The van der Waals surface area contributed by atoms with Crippen molar-refractivity contribution in [1.82, 2.24) is 0 Å². The van der Waals surface area contributed by atoms with E-state index < -0.39 is 6.85 Å². The molecule has 0 aromatic carbocycles. The van der Waals surface area contributed by atoms with Gasteiger partial charge in [0.05, 0.1) is 11.2 Å². The molecule has 1 aliphatic heterocycles. The molecule has 48 valence electrons. The van der Waals surface area contributed by atoms with Crippen LogP contribution in [0.1, 0.15) is 6.42 Å². The van der Waals surface area contributed by atoms with E-state index >= 15 is 0 Å². The lowest BCUT2D eigenvalue weighted by Gasteiger charge is -2.20. The predicted molar refractivity (Wildman–Crippen MR) is 40.2 cm³/mol. The third-order valence-electron chi connectivity index (χ3n) is 0.784. The van der Waals surface area contributed by atoms with Crippen molar-refractivity contribution in [2.75, 3.05) is 6.61 Å². The van der Waals surface area contributed by atoms with E-state index in [1.807, 2.05) is 0 Å². The number of halogens is 2. The fourth-order valence-corrected chi connectivity index (χ4v) is 2.21. The van der Waals surface area contributed by atoms with Crippen molar-refractivity contribution in [2.45, 2.75) is 11.0 Å². The van der Waals surface area contributed by atoms with E-state index in [0.29, 0.717) is 11.2 Å². The van der Waals surface area contributed by atoms with Crippen LogP contribution in [0.15, 0.2) is 0 Å². The molecule has 0 aromatic rings. The number of hydrogen-bond donors (Lipinski definition) is 0. The first-order chi connectivity index (χ1) is 3.80. The van der Waals surface area contributed by atoms with E-state index in [1.165, 1.54) is 0 Å². The molecule has 0 amide bonds. The van der Waals surface area contributed by atoms with Crippen LogP contribution in [0, 0.1) is 0 Å². The lowest BCUT2D eigenvalue weighted by atomic mass is 10.5. The molecular weight excluding hydrogens is 259 g/mol. The SMILES string of the molecule is BrC1CCOOP1Br. The zero-order valence-electron chi connectivity index (χ0n) is 4.01. The van der Waals surface area contributed by atoms with E-state index in [2.05, 4.69) is 31.4 Å². The molecule has 0 spiro atoms. The molecule has 5 heteroatoms. The van der Waals surface area contributed by atoms with Crippen molar-refractivity contribution in [2.24, 2.45) is 0 Å². The fourth-order valence-electron chi connectivity index (χ4n) is 0.381. The normalized spacial score (nSPS) is 39.8. The molecule has 2 unspecified atom stereocenters. The van der Waals surface area contributed by atoms with Crippen LogP contribution in [0.2, 0.25) is 0 Å². The van der Waals surface area contributed by atoms with Crippen LogP contribution in [0.5, 0.6) is 0 Å². The topological polar surface area (TPSA) is 18.5 Å². The summed E-state index contributed by atoms with van der Waals surface area (Å²) in [4.78, 5) is 4.70. The third kappa shape index (κ3) is 1.92. The highest BCUT2D eigenvalue weighted by Gasteiger charge is 2.22. The summed E-state index contributed by atoms with van der Waals surface area (Å²) in [5.74, 6) is 0. The maximum Gasteiger partial charge on any atom is 0.154 e. The Morgan fingerprint density at radius 2 is 2.38 bits per heavy atom. The molecule has 2 nitrogen and oxygen atoms in total. The molecule has 0 saturated carbocycles. The van der Waals surface area contributed by atoms with E-state index in [4.69, 9.17) is 9.56 Å².